The fraction of sp³-hybridized carbons (Fsp3) is 0.733. The third-order valence-electron chi connectivity index (χ3n) is 4.57. The van der Waals surface area contributed by atoms with Crippen LogP contribution in [0.5, 0.6) is 0 Å². The van der Waals surface area contributed by atoms with Crippen LogP contribution in [-0.2, 0) is 6.54 Å². The molecule has 3 rings (SSSR count). The molecule has 0 spiro atoms. The van der Waals surface area contributed by atoms with Gasteiger partial charge in [-0.15, -0.1) is 11.3 Å². The topological polar surface area (TPSA) is 40.5 Å². The van der Waals surface area contributed by atoms with Crippen molar-refractivity contribution in [2.45, 2.75) is 39.2 Å². The van der Waals surface area contributed by atoms with Gasteiger partial charge in [0, 0.05) is 26.0 Å². The minimum atomic E-state index is 0.605. The minimum absolute atomic E-state index is 0.605. The van der Waals surface area contributed by atoms with Gasteiger partial charge in [0.1, 0.15) is 0 Å². The van der Waals surface area contributed by atoms with Crippen LogP contribution < -0.4 is 5.32 Å². The number of guanidine groups is 1. The average molecular weight is 292 g/mol. The van der Waals surface area contributed by atoms with Gasteiger partial charge < -0.3 is 10.2 Å². The fourth-order valence-electron chi connectivity index (χ4n) is 3.02. The average Bonchev–Trinajstić information content (AvgIpc) is 3.31. The fourth-order valence-corrected chi connectivity index (χ4v) is 3.63. The molecular formula is C15H24N4S. The van der Waals surface area contributed by atoms with Crippen molar-refractivity contribution in [3.8, 4) is 0 Å². The summed E-state index contributed by atoms with van der Waals surface area (Å²) in [5.74, 6) is 1.97. The highest BCUT2D eigenvalue weighted by molar-refractivity contribution is 7.09. The van der Waals surface area contributed by atoms with Crippen molar-refractivity contribution in [2.24, 2.45) is 16.3 Å². The number of nitrogens with zero attached hydrogens (tertiary/aromatic N) is 3. The zero-order valence-electron chi connectivity index (χ0n) is 12.6. The minimum Gasteiger partial charge on any atom is -0.356 e. The van der Waals surface area contributed by atoms with E-state index in [9.17, 15) is 0 Å². The normalized spacial score (nSPS) is 20.9. The first-order chi connectivity index (χ1) is 9.63. The highest BCUT2D eigenvalue weighted by Crippen LogP contribution is 2.60. The predicted octanol–water partition coefficient (Wildman–Crippen LogP) is 2.65. The first-order valence-electron chi connectivity index (χ1n) is 7.46. The Kier molecular flexibility index (Phi) is 3.71. The van der Waals surface area contributed by atoms with Crippen LogP contribution in [0.1, 0.15) is 36.4 Å². The molecule has 0 saturated heterocycles. The lowest BCUT2D eigenvalue weighted by atomic mass is 10.0. The number of rotatable bonds is 5. The van der Waals surface area contributed by atoms with E-state index in [0.717, 1.165) is 35.7 Å². The van der Waals surface area contributed by atoms with Gasteiger partial charge in [0.05, 0.1) is 17.2 Å². The SMILES string of the molecule is CN=C(NCC1(C2CC2)CC1)N(C)Cc1csc(C)n1. The Morgan fingerprint density at radius 1 is 1.55 bits per heavy atom. The summed E-state index contributed by atoms with van der Waals surface area (Å²) in [6.07, 6.45) is 5.68. The Bertz CT molecular complexity index is 500. The summed E-state index contributed by atoms with van der Waals surface area (Å²) in [4.78, 5) is 11.1. The number of aliphatic imine (C=N–C) groups is 1. The van der Waals surface area contributed by atoms with Crippen molar-refractivity contribution in [2.75, 3.05) is 20.6 Å². The first kappa shape index (κ1) is 13.9. The second kappa shape index (κ2) is 5.35. The molecule has 0 aliphatic heterocycles. The Balaban J connectivity index is 1.53. The Hall–Kier alpha value is -1.10. The zero-order valence-corrected chi connectivity index (χ0v) is 13.5. The van der Waals surface area contributed by atoms with E-state index in [2.05, 4.69) is 32.6 Å². The number of thiazole rings is 1. The van der Waals surface area contributed by atoms with Gasteiger partial charge in [0.2, 0.25) is 0 Å². The molecule has 0 aromatic carbocycles. The van der Waals surface area contributed by atoms with E-state index in [1.165, 1.54) is 25.7 Å². The molecule has 1 aromatic rings. The molecule has 1 aromatic heterocycles. The van der Waals surface area contributed by atoms with Crippen molar-refractivity contribution in [1.82, 2.24) is 15.2 Å². The summed E-state index contributed by atoms with van der Waals surface area (Å²) in [6.45, 7) is 3.96. The molecule has 4 nitrogen and oxygen atoms in total. The molecular weight excluding hydrogens is 268 g/mol. The van der Waals surface area contributed by atoms with Crippen LogP contribution in [-0.4, -0.2) is 36.5 Å². The third-order valence-corrected chi connectivity index (χ3v) is 5.40. The molecule has 1 N–H and O–H groups in total. The summed E-state index contributed by atoms with van der Waals surface area (Å²) in [5.41, 5.74) is 1.73. The molecule has 2 aliphatic carbocycles. The van der Waals surface area contributed by atoms with E-state index in [1.54, 1.807) is 11.3 Å². The monoisotopic (exact) mass is 292 g/mol. The lowest BCUT2D eigenvalue weighted by molar-refractivity contribution is 0.408. The van der Waals surface area contributed by atoms with Gasteiger partial charge in [-0.2, -0.15) is 0 Å². The van der Waals surface area contributed by atoms with E-state index in [-0.39, 0.29) is 0 Å². The van der Waals surface area contributed by atoms with E-state index < -0.39 is 0 Å². The van der Waals surface area contributed by atoms with Crippen LogP contribution in [0.15, 0.2) is 10.4 Å². The van der Waals surface area contributed by atoms with Crippen molar-refractivity contribution in [1.29, 1.82) is 0 Å². The van der Waals surface area contributed by atoms with Crippen molar-refractivity contribution in [3.63, 3.8) is 0 Å². The first-order valence-corrected chi connectivity index (χ1v) is 8.34. The van der Waals surface area contributed by atoms with Crippen LogP contribution >= 0.6 is 11.3 Å². The molecule has 0 radical (unpaired) electrons. The number of hydrogen-bond acceptors (Lipinski definition) is 3. The summed E-state index contributed by atoms with van der Waals surface area (Å²) >= 11 is 1.71. The summed E-state index contributed by atoms with van der Waals surface area (Å²) < 4.78 is 0. The number of aryl methyl sites for hydroxylation is 1. The van der Waals surface area contributed by atoms with Crippen LogP contribution in [0.4, 0.5) is 0 Å². The highest BCUT2D eigenvalue weighted by Gasteiger charge is 2.53. The molecule has 5 heteroatoms. The lowest BCUT2D eigenvalue weighted by Gasteiger charge is -2.24. The van der Waals surface area contributed by atoms with Gasteiger partial charge in [-0.25, -0.2) is 4.98 Å². The Morgan fingerprint density at radius 3 is 2.80 bits per heavy atom. The van der Waals surface area contributed by atoms with Crippen LogP contribution in [0.2, 0.25) is 0 Å². The third kappa shape index (κ3) is 2.97. The van der Waals surface area contributed by atoms with Gasteiger partial charge in [-0.05, 0) is 43.9 Å². The summed E-state index contributed by atoms with van der Waals surface area (Å²) in [7, 11) is 3.95. The smallest absolute Gasteiger partial charge is 0.193 e. The van der Waals surface area contributed by atoms with Gasteiger partial charge in [0.25, 0.3) is 0 Å². The summed E-state index contributed by atoms with van der Waals surface area (Å²) in [5, 5.41) is 6.83. The standard InChI is InChI=1S/C15H24N4S/c1-11-18-13(9-20-11)8-19(3)14(16-2)17-10-15(6-7-15)12-4-5-12/h9,12H,4-8,10H2,1-3H3,(H,16,17). The van der Waals surface area contributed by atoms with E-state index in [0.29, 0.717) is 5.41 Å². The maximum atomic E-state index is 4.52. The quantitative estimate of drug-likeness (QED) is 0.670. The predicted molar refractivity (Wildman–Crippen MR) is 84.1 cm³/mol. The number of nitrogens with one attached hydrogen (secondary N) is 1. The van der Waals surface area contributed by atoms with Gasteiger partial charge >= 0.3 is 0 Å². The molecule has 0 atom stereocenters. The van der Waals surface area contributed by atoms with Gasteiger partial charge in [-0.1, -0.05) is 0 Å². The van der Waals surface area contributed by atoms with Crippen LogP contribution in [0, 0.1) is 18.3 Å². The Morgan fingerprint density at radius 2 is 2.30 bits per heavy atom. The van der Waals surface area contributed by atoms with E-state index in [4.69, 9.17) is 0 Å². The molecule has 0 unspecified atom stereocenters. The maximum Gasteiger partial charge on any atom is 0.193 e. The lowest BCUT2D eigenvalue weighted by Crippen LogP contribution is -2.41. The molecule has 110 valence electrons. The van der Waals surface area contributed by atoms with Crippen molar-refractivity contribution < 1.29 is 0 Å². The summed E-state index contributed by atoms with van der Waals surface area (Å²) in [6, 6.07) is 0. The number of aromatic nitrogens is 1. The largest absolute Gasteiger partial charge is 0.356 e. The molecule has 0 bridgehead atoms. The molecule has 2 aliphatic rings. The van der Waals surface area contributed by atoms with Crippen LogP contribution in [0.3, 0.4) is 0 Å². The highest BCUT2D eigenvalue weighted by atomic mass is 32.1. The molecule has 0 amide bonds. The maximum absolute atomic E-state index is 4.52. The van der Waals surface area contributed by atoms with E-state index in [1.807, 2.05) is 14.0 Å². The molecule has 20 heavy (non-hydrogen) atoms. The van der Waals surface area contributed by atoms with Crippen LogP contribution in [0.25, 0.3) is 0 Å². The van der Waals surface area contributed by atoms with Gasteiger partial charge in [0.15, 0.2) is 5.96 Å². The van der Waals surface area contributed by atoms with Crippen molar-refractivity contribution >= 4 is 17.3 Å². The molecule has 2 saturated carbocycles. The molecule has 1 heterocycles. The zero-order chi connectivity index (χ0) is 14.2. The number of hydrogen-bond donors (Lipinski definition) is 1. The molecule has 2 fully saturated rings. The second-order valence-corrected chi connectivity index (χ2v) is 7.31. The van der Waals surface area contributed by atoms with E-state index >= 15 is 0 Å². The Labute approximate surface area is 125 Å². The van der Waals surface area contributed by atoms with Crippen molar-refractivity contribution in [3.05, 3.63) is 16.1 Å². The second-order valence-electron chi connectivity index (χ2n) is 6.25. The van der Waals surface area contributed by atoms with Gasteiger partial charge in [-0.3, -0.25) is 4.99 Å².